The minimum Gasteiger partial charge on any atom is -0.462 e. The van der Waals surface area contributed by atoms with E-state index in [9.17, 15) is 14.4 Å². The van der Waals surface area contributed by atoms with E-state index in [1.807, 2.05) is 13.0 Å². The number of aryl methyl sites for hydroxylation is 1. The SMILES string of the molecule is CCOC(=O)c1c(NC(=O)CNc2cc(Cl)ccc2C)sc(C(C)=O)c1C. The number of ketones is 1. The van der Waals surface area contributed by atoms with Gasteiger partial charge in [0.1, 0.15) is 5.00 Å². The molecule has 0 saturated heterocycles. The molecular formula is C19H21ClN2O4S. The quantitative estimate of drug-likeness (QED) is 0.522. The first kappa shape index (κ1) is 20.9. The van der Waals surface area contributed by atoms with Gasteiger partial charge in [-0.1, -0.05) is 17.7 Å². The van der Waals surface area contributed by atoms with Gasteiger partial charge in [-0.3, -0.25) is 9.59 Å². The third-order valence-corrected chi connectivity index (χ3v) is 5.38. The highest BCUT2D eigenvalue weighted by Crippen LogP contribution is 2.34. The van der Waals surface area contributed by atoms with Gasteiger partial charge in [-0.05, 0) is 51.0 Å². The van der Waals surface area contributed by atoms with E-state index in [-0.39, 0.29) is 30.4 Å². The average molecular weight is 409 g/mol. The van der Waals surface area contributed by atoms with E-state index in [1.54, 1.807) is 26.0 Å². The van der Waals surface area contributed by atoms with Gasteiger partial charge in [0.2, 0.25) is 5.91 Å². The molecule has 27 heavy (non-hydrogen) atoms. The molecule has 2 aromatic rings. The molecule has 144 valence electrons. The molecule has 1 aromatic heterocycles. The molecule has 1 aromatic carbocycles. The number of ether oxygens (including phenoxy) is 1. The van der Waals surface area contributed by atoms with Crippen molar-refractivity contribution in [2.45, 2.75) is 27.7 Å². The molecule has 2 rings (SSSR count). The molecule has 1 heterocycles. The van der Waals surface area contributed by atoms with E-state index in [4.69, 9.17) is 16.3 Å². The molecule has 0 bridgehead atoms. The molecule has 0 unspecified atom stereocenters. The molecular weight excluding hydrogens is 388 g/mol. The van der Waals surface area contributed by atoms with Crippen LogP contribution in [0.3, 0.4) is 0 Å². The van der Waals surface area contributed by atoms with Gasteiger partial charge in [0.15, 0.2) is 5.78 Å². The maximum Gasteiger partial charge on any atom is 0.341 e. The molecule has 0 saturated carbocycles. The molecule has 0 aliphatic heterocycles. The van der Waals surface area contributed by atoms with Crippen molar-refractivity contribution in [3.63, 3.8) is 0 Å². The highest BCUT2D eigenvalue weighted by atomic mass is 35.5. The number of nitrogens with one attached hydrogen (secondary N) is 2. The van der Waals surface area contributed by atoms with Crippen LogP contribution in [0.5, 0.6) is 0 Å². The number of benzene rings is 1. The number of hydrogen-bond donors (Lipinski definition) is 2. The fourth-order valence-electron chi connectivity index (χ4n) is 2.52. The van der Waals surface area contributed by atoms with Crippen molar-refractivity contribution in [1.29, 1.82) is 0 Å². The Morgan fingerprint density at radius 1 is 1.22 bits per heavy atom. The summed E-state index contributed by atoms with van der Waals surface area (Å²) < 4.78 is 5.06. The number of esters is 1. The summed E-state index contributed by atoms with van der Waals surface area (Å²) in [7, 11) is 0. The van der Waals surface area contributed by atoms with Gasteiger partial charge in [-0.2, -0.15) is 0 Å². The number of carbonyl (C=O) groups excluding carboxylic acids is 3. The monoisotopic (exact) mass is 408 g/mol. The van der Waals surface area contributed by atoms with Crippen LogP contribution in [0.4, 0.5) is 10.7 Å². The van der Waals surface area contributed by atoms with Crippen molar-refractivity contribution in [3.05, 3.63) is 44.8 Å². The maximum absolute atomic E-state index is 12.4. The molecule has 6 nitrogen and oxygen atoms in total. The lowest BCUT2D eigenvalue weighted by atomic mass is 10.1. The van der Waals surface area contributed by atoms with Crippen molar-refractivity contribution in [2.75, 3.05) is 23.8 Å². The first-order valence-electron chi connectivity index (χ1n) is 8.35. The highest BCUT2D eigenvalue weighted by Gasteiger charge is 2.25. The predicted molar refractivity (Wildman–Crippen MR) is 108 cm³/mol. The van der Waals surface area contributed by atoms with Crippen molar-refractivity contribution < 1.29 is 19.1 Å². The number of thiophene rings is 1. The Balaban J connectivity index is 2.19. The van der Waals surface area contributed by atoms with Crippen LogP contribution in [0.15, 0.2) is 18.2 Å². The third kappa shape index (κ3) is 5.08. The van der Waals surface area contributed by atoms with Gasteiger partial charge < -0.3 is 15.4 Å². The number of Topliss-reactive ketones (excluding diaryl/α,β-unsaturated/α-hetero) is 1. The standard InChI is InChI=1S/C19H21ClN2O4S/c1-5-26-19(25)16-11(3)17(12(4)23)27-18(16)22-15(24)9-21-14-8-13(20)7-6-10(14)2/h6-8,21H,5,9H2,1-4H3,(H,22,24). The second-order valence-electron chi connectivity index (χ2n) is 5.90. The summed E-state index contributed by atoms with van der Waals surface area (Å²) in [4.78, 5) is 36.8. The average Bonchev–Trinajstić information content (AvgIpc) is 2.92. The zero-order valence-corrected chi connectivity index (χ0v) is 17.1. The number of amides is 1. The summed E-state index contributed by atoms with van der Waals surface area (Å²) >= 11 is 7.05. The lowest BCUT2D eigenvalue weighted by Crippen LogP contribution is -2.22. The molecule has 0 fully saturated rings. The van der Waals surface area contributed by atoms with E-state index in [0.29, 0.717) is 20.5 Å². The fourth-order valence-corrected chi connectivity index (χ4v) is 3.80. The van der Waals surface area contributed by atoms with Crippen molar-refractivity contribution in [3.8, 4) is 0 Å². The summed E-state index contributed by atoms with van der Waals surface area (Å²) in [5.74, 6) is -1.08. The summed E-state index contributed by atoms with van der Waals surface area (Å²) in [5, 5.41) is 6.59. The van der Waals surface area contributed by atoms with E-state index >= 15 is 0 Å². The minimum absolute atomic E-state index is 0.0181. The molecule has 0 radical (unpaired) electrons. The number of rotatable bonds is 7. The first-order valence-corrected chi connectivity index (χ1v) is 9.55. The van der Waals surface area contributed by atoms with Crippen LogP contribution < -0.4 is 10.6 Å². The Bertz CT molecular complexity index is 892. The van der Waals surface area contributed by atoms with Gasteiger partial charge >= 0.3 is 5.97 Å². The molecule has 1 amide bonds. The summed E-state index contributed by atoms with van der Waals surface area (Å²) in [6, 6.07) is 5.35. The second kappa shape index (κ2) is 9.01. The predicted octanol–water partition coefficient (Wildman–Crippen LogP) is 4.45. The summed E-state index contributed by atoms with van der Waals surface area (Å²) in [6.07, 6.45) is 0. The highest BCUT2D eigenvalue weighted by molar-refractivity contribution is 7.18. The number of halogens is 1. The van der Waals surface area contributed by atoms with Crippen LogP contribution in [0.25, 0.3) is 0 Å². The van der Waals surface area contributed by atoms with E-state index in [0.717, 1.165) is 22.6 Å². The summed E-state index contributed by atoms with van der Waals surface area (Å²) in [5.41, 5.74) is 2.43. The van der Waals surface area contributed by atoms with E-state index < -0.39 is 5.97 Å². The number of anilines is 2. The lowest BCUT2D eigenvalue weighted by molar-refractivity contribution is -0.114. The van der Waals surface area contributed by atoms with Gasteiger partial charge in [-0.25, -0.2) is 4.79 Å². The van der Waals surface area contributed by atoms with Crippen molar-refractivity contribution >= 4 is 51.3 Å². The van der Waals surface area contributed by atoms with Crippen LogP contribution in [-0.2, 0) is 9.53 Å². The number of hydrogen-bond acceptors (Lipinski definition) is 6. The smallest absolute Gasteiger partial charge is 0.341 e. The van der Waals surface area contributed by atoms with Gasteiger partial charge in [0.25, 0.3) is 0 Å². The molecule has 0 aliphatic carbocycles. The van der Waals surface area contributed by atoms with E-state index in [2.05, 4.69) is 10.6 Å². The van der Waals surface area contributed by atoms with Gasteiger partial charge in [0.05, 0.1) is 23.6 Å². The Morgan fingerprint density at radius 3 is 2.56 bits per heavy atom. The second-order valence-corrected chi connectivity index (χ2v) is 7.35. The molecule has 0 atom stereocenters. The largest absolute Gasteiger partial charge is 0.462 e. The topological polar surface area (TPSA) is 84.5 Å². The van der Waals surface area contributed by atoms with Crippen LogP contribution in [0, 0.1) is 13.8 Å². The number of carbonyl (C=O) groups is 3. The zero-order chi connectivity index (χ0) is 20.1. The zero-order valence-electron chi connectivity index (χ0n) is 15.6. The molecule has 8 heteroatoms. The van der Waals surface area contributed by atoms with Crippen molar-refractivity contribution in [2.24, 2.45) is 0 Å². The summed E-state index contributed by atoms with van der Waals surface area (Å²) in [6.45, 7) is 6.87. The normalized spacial score (nSPS) is 10.4. The fraction of sp³-hybridized carbons (Fsp3) is 0.316. The lowest BCUT2D eigenvalue weighted by Gasteiger charge is -2.11. The van der Waals surface area contributed by atoms with Gasteiger partial charge in [-0.15, -0.1) is 11.3 Å². The van der Waals surface area contributed by atoms with Crippen LogP contribution in [0.1, 0.15) is 45.0 Å². The van der Waals surface area contributed by atoms with Gasteiger partial charge in [0, 0.05) is 10.7 Å². The minimum atomic E-state index is -0.562. The van der Waals surface area contributed by atoms with Crippen LogP contribution >= 0.6 is 22.9 Å². The molecule has 2 N–H and O–H groups in total. The Labute approximate surface area is 166 Å². The molecule has 0 spiro atoms. The Kier molecular flexibility index (Phi) is 6.98. The Morgan fingerprint density at radius 2 is 1.93 bits per heavy atom. The van der Waals surface area contributed by atoms with Crippen LogP contribution in [0.2, 0.25) is 5.02 Å². The van der Waals surface area contributed by atoms with E-state index in [1.165, 1.54) is 6.92 Å². The third-order valence-electron chi connectivity index (χ3n) is 3.84. The maximum atomic E-state index is 12.4. The molecule has 0 aliphatic rings. The Hall–Kier alpha value is -2.38. The first-order chi connectivity index (χ1) is 12.7. The van der Waals surface area contributed by atoms with Crippen molar-refractivity contribution in [1.82, 2.24) is 0 Å². The van der Waals surface area contributed by atoms with Crippen LogP contribution in [-0.4, -0.2) is 30.8 Å².